The monoisotopic (exact) mass is 842 g/mol. The first-order valence-electron chi connectivity index (χ1n) is 22.1. The van der Waals surface area contributed by atoms with Crippen molar-refractivity contribution in [3.05, 3.63) is 83.6 Å². The zero-order valence-corrected chi connectivity index (χ0v) is 35.6. The van der Waals surface area contributed by atoms with Crippen LogP contribution in [0, 0.1) is 28.6 Å². The summed E-state index contributed by atoms with van der Waals surface area (Å²) in [5.41, 5.74) is 11.3. The minimum atomic E-state index is -3.25. The van der Waals surface area contributed by atoms with Gasteiger partial charge in [-0.3, -0.25) is 9.59 Å². The summed E-state index contributed by atoms with van der Waals surface area (Å²) in [5, 5.41) is 2.75. The molecule has 4 heterocycles. The standard InChI is InChI=1S/C48H52F2N8O4/c1-23(2)38(51)43(59)57-22-46(14-15-46)20-36(57)41-52-21-35(55-41)27-7-11-30-29-10-6-25(16-31(29)48(49,50)32(30)17-27)26-8-12-33-34(18-26)54-42(53-33)40-47-19-28(47)9-13-37(47)58(40)44(60)39(24(3)4)56-45(61)62-5/h6-8,10-12,16-18,21,23-24,28,36-40H,9,13-15,19-20,22,51H2,1-5H3,(H,52,55)(H,53,54)(H,56,61). The van der Waals surface area contributed by atoms with Crippen molar-refractivity contribution in [1.29, 1.82) is 0 Å². The van der Waals surface area contributed by atoms with E-state index in [0.717, 1.165) is 55.1 Å². The lowest BCUT2D eigenvalue weighted by Gasteiger charge is -2.55. The number of aromatic nitrogens is 4. The Balaban J connectivity index is 0.858. The average molecular weight is 843 g/mol. The number of carbonyl (C=O) groups is 3. The van der Waals surface area contributed by atoms with Crippen LogP contribution in [0.25, 0.3) is 44.5 Å². The van der Waals surface area contributed by atoms with Gasteiger partial charge in [-0.25, -0.2) is 14.8 Å². The number of hydrogen-bond donors (Lipinski definition) is 4. The number of alkyl carbamates (subject to hydrolysis) is 1. The highest BCUT2D eigenvalue weighted by Gasteiger charge is 2.78. The molecule has 62 heavy (non-hydrogen) atoms. The van der Waals surface area contributed by atoms with Crippen LogP contribution in [-0.2, 0) is 20.2 Å². The van der Waals surface area contributed by atoms with Gasteiger partial charge in [0.25, 0.3) is 5.92 Å². The maximum atomic E-state index is 16.6. The molecule has 2 aliphatic heterocycles. The van der Waals surface area contributed by atoms with E-state index in [1.807, 2.05) is 67.8 Å². The number of H-pyrrole nitrogens is 2. The molecule has 3 amide bonds. The maximum Gasteiger partial charge on any atom is 0.407 e. The summed E-state index contributed by atoms with van der Waals surface area (Å²) in [4.78, 5) is 60.4. The number of hydrogen-bond acceptors (Lipinski definition) is 7. The Labute approximate surface area is 358 Å². The predicted octanol–water partition coefficient (Wildman–Crippen LogP) is 8.21. The van der Waals surface area contributed by atoms with Gasteiger partial charge in [-0.05, 0) is 108 Å². The maximum absolute atomic E-state index is 16.6. The summed E-state index contributed by atoms with van der Waals surface area (Å²) in [6.07, 6.45) is 7.08. The topological polar surface area (TPSA) is 162 Å². The number of ether oxygens (including phenoxy) is 1. The number of rotatable bonds is 9. The minimum Gasteiger partial charge on any atom is -0.453 e. The van der Waals surface area contributed by atoms with Crippen molar-refractivity contribution >= 4 is 28.9 Å². The smallest absolute Gasteiger partial charge is 0.407 e. The Kier molecular flexibility index (Phi) is 8.50. The molecule has 3 saturated carbocycles. The molecule has 0 bridgehead atoms. The Hall–Kier alpha value is -5.63. The molecule has 7 unspecified atom stereocenters. The lowest BCUT2D eigenvalue weighted by Crippen LogP contribution is -2.65. The zero-order chi connectivity index (χ0) is 43.2. The highest BCUT2D eigenvalue weighted by atomic mass is 19.3. The average Bonchev–Trinajstić information content (AvgIpc) is 3.83. The van der Waals surface area contributed by atoms with Crippen LogP contribution in [-0.4, -0.2) is 79.4 Å². The second kappa shape index (κ2) is 13.4. The van der Waals surface area contributed by atoms with Crippen LogP contribution >= 0.6 is 0 Å². The Bertz CT molecular complexity index is 2700. The van der Waals surface area contributed by atoms with Crippen LogP contribution in [0.4, 0.5) is 13.6 Å². The van der Waals surface area contributed by atoms with Crippen molar-refractivity contribution in [2.75, 3.05) is 13.7 Å². The lowest BCUT2D eigenvalue weighted by atomic mass is 9.75. The molecule has 2 spiro atoms. The van der Waals surface area contributed by atoms with E-state index in [1.165, 1.54) is 7.11 Å². The Morgan fingerprint density at radius 2 is 1.56 bits per heavy atom. The Morgan fingerprint density at radius 3 is 2.24 bits per heavy atom. The van der Waals surface area contributed by atoms with Gasteiger partial charge in [0.1, 0.15) is 17.7 Å². The van der Waals surface area contributed by atoms with E-state index in [-0.39, 0.29) is 63.7 Å². The van der Waals surface area contributed by atoms with E-state index in [1.54, 1.807) is 30.5 Å². The second-order valence-corrected chi connectivity index (χ2v) is 19.7. The third-order valence-corrected chi connectivity index (χ3v) is 15.4. The molecular weight excluding hydrogens is 791 g/mol. The molecule has 7 atom stereocenters. The van der Waals surface area contributed by atoms with Gasteiger partial charge in [0.05, 0.1) is 42.0 Å². The predicted molar refractivity (Wildman–Crippen MR) is 228 cm³/mol. The molecule has 3 aromatic carbocycles. The van der Waals surface area contributed by atoms with Crippen LogP contribution in [0.1, 0.15) is 101 Å². The first kappa shape index (κ1) is 39.2. The number of imidazole rings is 2. The fourth-order valence-corrected chi connectivity index (χ4v) is 11.7. The van der Waals surface area contributed by atoms with Crippen molar-refractivity contribution < 1.29 is 27.9 Å². The summed E-state index contributed by atoms with van der Waals surface area (Å²) >= 11 is 0. The number of alkyl halides is 2. The summed E-state index contributed by atoms with van der Waals surface area (Å²) in [7, 11) is 1.29. The van der Waals surface area contributed by atoms with Gasteiger partial charge in [0, 0.05) is 40.9 Å². The van der Waals surface area contributed by atoms with E-state index < -0.39 is 24.1 Å². The van der Waals surface area contributed by atoms with E-state index in [0.29, 0.717) is 52.1 Å². The molecular formula is C48H52F2N8O4. The van der Waals surface area contributed by atoms with Gasteiger partial charge in [-0.1, -0.05) is 58.0 Å². The summed E-state index contributed by atoms with van der Waals surface area (Å²) in [6, 6.07) is 14.4. The van der Waals surface area contributed by atoms with E-state index in [4.69, 9.17) is 20.4 Å². The molecule has 12 nitrogen and oxygen atoms in total. The molecule has 0 radical (unpaired) electrons. The van der Waals surface area contributed by atoms with Crippen LogP contribution in [0.2, 0.25) is 0 Å². The number of amides is 3. The van der Waals surface area contributed by atoms with Gasteiger partial charge >= 0.3 is 6.09 Å². The van der Waals surface area contributed by atoms with E-state index >= 15 is 8.78 Å². The first-order valence-corrected chi connectivity index (χ1v) is 22.1. The van der Waals surface area contributed by atoms with Crippen molar-refractivity contribution in [3.8, 4) is 33.5 Å². The highest BCUT2D eigenvalue weighted by Crippen LogP contribution is 2.78. The van der Waals surface area contributed by atoms with Crippen LogP contribution < -0.4 is 11.1 Å². The van der Waals surface area contributed by atoms with Gasteiger partial charge in [0.2, 0.25) is 11.8 Å². The Morgan fingerprint density at radius 1 is 0.871 bits per heavy atom. The third-order valence-electron chi connectivity index (χ3n) is 15.4. The number of fused-ring (bicyclic) bond motifs is 4. The zero-order valence-electron chi connectivity index (χ0n) is 35.6. The molecule has 2 aromatic heterocycles. The van der Waals surface area contributed by atoms with Gasteiger partial charge in [-0.15, -0.1) is 0 Å². The number of nitrogens with zero attached hydrogens (tertiary/aromatic N) is 4. The summed E-state index contributed by atoms with van der Waals surface area (Å²) in [5.74, 6) is -1.72. The number of nitrogens with two attached hydrogens (primary N) is 1. The number of benzene rings is 3. The van der Waals surface area contributed by atoms with E-state index in [2.05, 4.69) is 15.3 Å². The van der Waals surface area contributed by atoms with Crippen LogP contribution in [0.15, 0.2) is 60.8 Å². The molecule has 2 saturated heterocycles. The van der Waals surface area contributed by atoms with Gasteiger partial charge < -0.3 is 35.6 Å². The summed E-state index contributed by atoms with van der Waals surface area (Å²) < 4.78 is 38.1. The van der Waals surface area contributed by atoms with E-state index in [9.17, 15) is 14.4 Å². The molecule has 5 fully saturated rings. The van der Waals surface area contributed by atoms with Gasteiger partial charge in [-0.2, -0.15) is 8.78 Å². The van der Waals surface area contributed by atoms with Gasteiger partial charge in [0.15, 0.2) is 0 Å². The number of halogens is 2. The van der Waals surface area contributed by atoms with Crippen molar-refractivity contribution in [2.45, 2.75) is 102 Å². The van der Waals surface area contributed by atoms with Crippen LogP contribution in [0.5, 0.6) is 0 Å². The first-order chi connectivity index (χ1) is 29.6. The molecule has 6 aliphatic rings. The van der Waals surface area contributed by atoms with Crippen molar-refractivity contribution in [1.82, 2.24) is 35.1 Å². The largest absolute Gasteiger partial charge is 0.453 e. The normalized spacial score (nSPS) is 26.5. The van der Waals surface area contributed by atoms with Crippen molar-refractivity contribution in [3.63, 3.8) is 0 Å². The number of carbonyl (C=O) groups excluding carboxylic acids is 3. The molecule has 322 valence electrons. The second-order valence-electron chi connectivity index (χ2n) is 19.7. The minimum absolute atomic E-state index is 0.00415. The molecule has 14 heteroatoms. The molecule has 11 rings (SSSR count). The quantitative estimate of drug-likeness (QED) is 0.116. The fraction of sp³-hybridized carbons (Fsp3) is 0.479. The number of nitrogens with one attached hydrogen (secondary N) is 3. The number of methoxy groups -OCH3 is 1. The molecule has 5 N–H and O–H groups in total. The lowest BCUT2D eigenvalue weighted by molar-refractivity contribution is -0.161. The third kappa shape index (κ3) is 5.66. The number of likely N-dealkylation sites (tertiary alicyclic amines) is 2. The van der Waals surface area contributed by atoms with Crippen LogP contribution in [0.3, 0.4) is 0 Å². The number of aromatic amines is 2. The molecule has 4 aliphatic carbocycles. The fourth-order valence-electron chi connectivity index (χ4n) is 11.7. The van der Waals surface area contributed by atoms with Crippen molar-refractivity contribution in [2.24, 2.45) is 34.3 Å². The molecule has 5 aromatic rings. The summed E-state index contributed by atoms with van der Waals surface area (Å²) in [6.45, 7) is 8.37. The SMILES string of the molecule is COC(=O)NC(C(=O)N1C2CCC3CC32C1c1nc2ccc(-c3ccc4c(c3)C(F)(F)c3cc(-c5c[nH]c(C6CC7(CC7)CN6C(=O)C(N)C(C)C)n5)ccc3-4)cc2[nH]1)C(C)C. The highest BCUT2D eigenvalue weighted by molar-refractivity contribution is 5.89.